The Balaban J connectivity index is 1.78. The maximum atomic E-state index is 12.4. The van der Waals surface area contributed by atoms with Crippen LogP contribution in [0.4, 0.5) is 16.2 Å². The van der Waals surface area contributed by atoms with E-state index in [1.54, 1.807) is 25.3 Å². The molecule has 0 spiro atoms. The highest BCUT2D eigenvalue weighted by molar-refractivity contribution is 6.31. The third-order valence-corrected chi connectivity index (χ3v) is 4.47. The first-order chi connectivity index (χ1) is 13.6. The predicted molar refractivity (Wildman–Crippen MR) is 113 cm³/mol. The molecule has 2 amide bonds. The minimum Gasteiger partial charge on any atom is -0.496 e. The van der Waals surface area contributed by atoms with Crippen LogP contribution in [0.1, 0.15) is 5.56 Å². The van der Waals surface area contributed by atoms with Gasteiger partial charge >= 0.3 is 6.03 Å². The van der Waals surface area contributed by atoms with Crippen LogP contribution in [0.5, 0.6) is 5.75 Å². The van der Waals surface area contributed by atoms with Crippen LogP contribution in [0, 0.1) is 0 Å². The summed E-state index contributed by atoms with van der Waals surface area (Å²) >= 11 is 6.13. The molecule has 28 heavy (non-hydrogen) atoms. The maximum Gasteiger partial charge on any atom is 0.323 e. The van der Waals surface area contributed by atoms with Gasteiger partial charge in [0.15, 0.2) is 0 Å². The minimum atomic E-state index is -0.361. The molecule has 144 valence electrons. The minimum absolute atomic E-state index is 0.0177. The fraction of sp³-hybridized carbons (Fsp3) is 0.136. The summed E-state index contributed by atoms with van der Waals surface area (Å²) in [5.41, 5.74) is 3.89. The number of halogens is 1. The molecule has 0 aliphatic rings. The summed E-state index contributed by atoms with van der Waals surface area (Å²) < 4.78 is 5.41. The lowest BCUT2D eigenvalue weighted by Crippen LogP contribution is -2.20. The van der Waals surface area contributed by atoms with E-state index in [9.17, 15) is 4.79 Å². The average molecular weight is 397 g/mol. The first kappa shape index (κ1) is 19.7. The van der Waals surface area contributed by atoms with Gasteiger partial charge in [0.25, 0.3) is 0 Å². The van der Waals surface area contributed by atoms with Crippen molar-refractivity contribution in [3.63, 3.8) is 0 Å². The number of amides is 2. The summed E-state index contributed by atoms with van der Waals surface area (Å²) in [5, 5.41) is 15.4. The normalized spacial score (nSPS) is 10.4. The SMILES string of the molecule is COc1ccc(Cl)cc1-c1cccc(NC(=O)Nc2ccccc2CCO)c1. The van der Waals surface area contributed by atoms with Crippen molar-refractivity contribution >= 4 is 29.0 Å². The molecule has 0 atom stereocenters. The van der Waals surface area contributed by atoms with Gasteiger partial charge in [-0.2, -0.15) is 0 Å². The monoisotopic (exact) mass is 396 g/mol. The number of para-hydroxylation sites is 1. The lowest BCUT2D eigenvalue weighted by Gasteiger charge is -2.13. The molecule has 0 saturated carbocycles. The second kappa shape index (κ2) is 9.26. The third-order valence-electron chi connectivity index (χ3n) is 4.24. The summed E-state index contributed by atoms with van der Waals surface area (Å²) in [5.74, 6) is 0.698. The number of hydrogen-bond acceptors (Lipinski definition) is 3. The van der Waals surface area contributed by atoms with Crippen LogP contribution in [0.15, 0.2) is 66.7 Å². The highest BCUT2D eigenvalue weighted by Gasteiger charge is 2.10. The molecule has 0 unspecified atom stereocenters. The number of aliphatic hydroxyl groups is 1. The van der Waals surface area contributed by atoms with Crippen molar-refractivity contribution < 1.29 is 14.6 Å². The quantitative estimate of drug-likeness (QED) is 0.536. The molecule has 3 aromatic rings. The van der Waals surface area contributed by atoms with Crippen molar-refractivity contribution in [2.24, 2.45) is 0 Å². The van der Waals surface area contributed by atoms with E-state index in [0.29, 0.717) is 28.6 Å². The van der Waals surface area contributed by atoms with E-state index >= 15 is 0 Å². The molecule has 0 fully saturated rings. The van der Waals surface area contributed by atoms with Gasteiger partial charge in [-0.1, -0.05) is 41.9 Å². The van der Waals surface area contributed by atoms with Crippen molar-refractivity contribution in [3.8, 4) is 16.9 Å². The molecule has 0 aromatic heterocycles. The van der Waals surface area contributed by atoms with Gasteiger partial charge in [0.05, 0.1) is 7.11 Å². The average Bonchev–Trinajstić information content (AvgIpc) is 2.70. The van der Waals surface area contributed by atoms with E-state index in [0.717, 1.165) is 16.7 Å². The number of benzene rings is 3. The second-order valence-electron chi connectivity index (χ2n) is 6.14. The molecule has 3 aromatic carbocycles. The predicted octanol–water partition coefficient (Wildman–Crippen LogP) is 5.19. The number of urea groups is 1. The molecule has 0 heterocycles. The number of aliphatic hydroxyl groups excluding tert-OH is 1. The Labute approximate surface area is 168 Å². The molecule has 0 saturated heterocycles. The first-order valence-electron chi connectivity index (χ1n) is 8.81. The zero-order valence-corrected chi connectivity index (χ0v) is 16.2. The zero-order valence-electron chi connectivity index (χ0n) is 15.4. The Morgan fingerprint density at radius 1 is 1.04 bits per heavy atom. The van der Waals surface area contributed by atoms with E-state index in [-0.39, 0.29) is 12.6 Å². The summed E-state index contributed by atoms with van der Waals surface area (Å²) in [4.78, 5) is 12.4. The fourth-order valence-electron chi connectivity index (χ4n) is 2.94. The lowest BCUT2D eigenvalue weighted by molar-refractivity contribution is 0.262. The van der Waals surface area contributed by atoms with Gasteiger partial charge in [0.2, 0.25) is 0 Å². The topological polar surface area (TPSA) is 70.6 Å². The Morgan fingerprint density at radius 2 is 1.86 bits per heavy atom. The summed E-state index contributed by atoms with van der Waals surface area (Å²) in [7, 11) is 1.60. The van der Waals surface area contributed by atoms with Crippen molar-refractivity contribution in [2.45, 2.75) is 6.42 Å². The number of ether oxygens (including phenoxy) is 1. The number of nitrogens with one attached hydrogen (secondary N) is 2. The van der Waals surface area contributed by atoms with Gasteiger partial charge in [-0.3, -0.25) is 0 Å². The van der Waals surface area contributed by atoms with Gasteiger partial charge in [0.1, 0.15) is 5.75 Å². The van der Waals surface area contributed by atoms with Gasteiger partial charge in [-0.15, -0.1) is 0 Å². The highest BCUT2D eigenvalue weighted by atomic mass is 35.5. The van der Waals surface area contributed by atoms with Gasteiger partial charge < -0.3 is 20.5 Å². The van der Waals surface area contributed by atoms with E-state index in [2.05, 4.69) is 10.6 Å². The van der Waals surface area contributed by atoms with Crippen LogP contribution in [0.2, 0.25) is 5.02 Å². The van der Waals surface area contributed by atoms with Crippen molar-refractivity contribution in [2.75, 3.05) is 24.4 Å². The highest BCUT2D eigenvalue weighted by Crippen LogP contribution is 2.33. The van der Waals surface area contributed by atoms with Crippen LogP contribution < -0.4 is 15.4 Å². The van der Waals surface area contributed by atoms with Crippen molar-refractivity contribution in [1.29, 1.82) is 0 Å². The zero-order chi connectivity index (χ0) is 19.9. The number of methoxy groups -OCH3 is 1. The fourth-order valence-corrected chi connectivity index (χ4v) is 3.11. The summed E-state index contributed by atoms with van der Waals surface area (Å²) in [6, 6.07) is 19.9. The van der Waals surface area contributed by atoms with E-state index < -0.39 is 0 Å². The molecule has 3 rings (SSSR count). The molecule has 0 aliphatic carbocycles. The van der Waals surface area contributed by atoms with E-state index in [4.69, 9.17) is 21.4 Å². The molecular formula is C22H21ClN2O3. The summed E-state index contributed by atoms with van der Waals surface area (Å²) in [6.07, 6.45) is 0.473. The smallest absolute Gasteiger partial charge is 0.323 e. The van der Waals surface area contributed by atoms with Crippen molar-refractivity contribution in [1.82, 2.24) is 0 Å². The lowest BCUT2D eigenvalue weighted by atomic mass is 10.0. The first-order valence-corrected chi connectivity index (χ1v) is 9.19. The maximum absolute atomic E-state index is 12.4. The molecule has 0 aliphatic heterocycles. The molecule has 0 bridgehead atoms. The van der Waals surface area contributed by atoms with Crippen LogP contribution in [0.25, 0.3) is 11.1 Å². The van der Waals surface area contributed by atoms with Crippen LogP contribution in [0.3, 0.4) is 0 Å². The van der Waals surface area contributed by atoms with E-state index in [1.165, 1.54) is 0 Å². The second-order valence-corrected chi connectivity index (χ2v) is 6.57. The number of anilines is 2. The number of carbonyl (C=O) groups excluding carboxylic acids is 1. The van der Waals surface area contributed by atoms with E-state index in [1.807, 2.05) is 48.5 Å². The Kier molecular flexibility index (Phi) is 6.53. The standard InChI is InChI=1S/C22H21ClN2O3/c1-28-21-10-9-17(23)14-19(21)16-6-4-7-18(13-16)24-22(27)25-20-8-3-2-5-15(20)11-12-26/h2-10,13-14,26H,11-12H2,1H3,(H2,24,25,27). The number of carbonyl (C=O) groups is 1. The van der Waals surface area contributed by atoms with Crippen molar-refractivity contribution in [3.05, 3.63) is 77.3 Å². The number of rotatable bonds is 6. The Bertz CT molecular complexity index is 976. The number of hydrogen-bond donors (Lipinski definition) is 3. The van der Waals surface area contributed by atoms with Crippen LogP contribution >= 0.6 is 11.6 Å². The molecule has 0 radical (unpaired) electrons. The Morgan fingerprint density at radius 3 is 2.64 bits per heavy atom. The molecular weight excluding hydrogens is 376 g/mol. The van der Waals surface area contributed by atoms with Gasteiger partial charge in [0, 0.05) is 28.6 Å². The third kappa shape index (κ3) is 4.82. The van der Waals surface area contributed by atoms with Gasteiger partial charge in [-0.25, -0.2) is 4.79 Å². The summed E-state index contributed by atoms with van der Waals surface area (Å²) in [6.45, 7) is 0.0177. The molecule has 5 nitrogen and oxygen atoms in total. The van der Waals surface area contributed by atoms with Gasteiger partial charge in [-0.05, 0) is 53.9 Å². The van der Waals surface area contributed by atoms with Crippen LogP contribution in [-0.2, 0) is 6.42 Å². The van der Waals surface area contributed by atoms with Crippen LogP contribution in [-0.4, -0.2) is 24.9 Å². The molecule has 3 N–H and O–H groups in total. The Hall–Kier alpha value is -3.02. The largest absolute Gasteiger partial charge is 0.496 e. The molecule has 6 heteroatoms.